The minimum absolute atomic E-state index is 0. The third-order valence-corrected chi connectivity index (χ3v) is 5.55. The number of aromatic nitrogens is 1. The second kappa shape index (κ2) is 4.43. The lowest BCUT2D eigenvalue weighted by molar-refractivity contribution is 0.487. The topological polar surface area (TPSA) is 50.1 Å². The minimum Gasteiger partial charge on any atom is -0.428 e. The summed E-state index contributed by atoms with van der Waals surface area (Å²) in [6.07, 6.45) is 11.7. The quantitative estimate of drug-likeness (QED) is 0.872. The SMILES string of the molecule is C1=CC2CC2(c2cnc(Nc3ccc4c(c3)NCS4)o2)C=C1.[HH]. The van der Waals surface area contributed by atoms with Crippen LogP contribution in [0, 0.1) is 5.92 Å². The van der Waals surface area contributed by atoms with E-state index < -0.39 is 0 Å². The average Bonchev–Trinajstić information content (AvgIpc) is 2.87. The third kappa shape index (κ3) is 1.82. The largest absolute Gasteiger partial charge is 0.428 e. The number of hydrogen-bond acceptors (Lipinski definition) is 5. The van der Waals surface area contributed by atoms with Crippen molar-refractivity contribution in [2.45, 2.75) is 16.7 Å². The molecule has 5 rings (SSSR count). The third-order valence-electron chi connectivity index (χ3n) is 4.59. The Bertz CT molecular complexity index is 816. The van der Waals surface area contributed by atoms with Crippen molar-refractivity contribution in [1.82, 2.24) is 4.98 Å². The molecule has 2 aliphatic carbocycles. The Labute approximate surface area is 134 Å². The van der Waals surface area contributed by atoms with Gasteiger partial charge in [-0.25, -0.2) is 4.98 Å². The summed E-state index contributed by atoms with van der Waals surface area (Å²) in [6.45, 7) is 0. The highest BCUT2D eigenvalue weighted by atomic mass is 32.2. The first-order valence-electron chi connectivity index (χ1n) is 7.44. The zero-order valence-corrected chi connectivity index (χ0v) is 12.7. The van der Waals surface area contributed by atoms with Gasteiger partial charge in [0, 0.05) is 12.0 Å². The molecular weight excluding hydrogens is 294 g/mol. The molecule has 112 valence electrons. The molecule has 2 unspecified atom stereocenters. The van der Waals surface area contributed by atoms with E-state index in [2.05, 4.69) is 58.1 Å². The fourth-order valence-corrected chi connectivity index (χ4v) is 4.10. The summed E-state index contributed by atoms with van der Waals surface area (Å²) in [5.41, 5.74) is 2.21. The Hall–Kier alpha value is -2.14. The van der Waals surface area contributed by atoms with Gasteiger partial charge in [-0.15, -0.1) is 11.8 Å². The molecule has 1 fully saturated rings. The van der Waals surface area contributed by atoms with Crippen molar-refractivity contribution in [3.05, 3.63) is 54.5 Å². The summed E-state index contributed by atoms with van der Waals surface area (Å²) in [5, 5.41) is 6.61. The highest BCUT2D eigenvalue weighted by Crippen LogP contribution is 2.58. The molecule has 1 aromatic heterocycles. The fourth-order valence-electron chi connectivity index (χ4n) is 3.26. The van der Waals surface area contributed by atoms with E-state index in [0.29, 0.717) is 11.9 Å². The van der Waals surface area contributed by atoms with Gasteiger partial charge in [-0.05, 0) is 30.5 Å². The van der Waals surface area contributed by atoms with Crippen molar-refractivity contribution in [3.63, 3.8) is 0 Å². The Morgan fingerprint density at radius 3 is 3.36 bits per heavy atom. The summed E-state index contributed by atoms with van der Waals surface area (Å²) in [6, 6.07) is 6.84. The molecule has 1 saturated carbocycles. The maximum atomic E-state index is 5.96. The summed E-state index contributed by atoms with van der Waals surface area (Å²) < 4.78 is 5.96. The zero-order valence-electron chi connectivity index (χ0n) is 11.9. The van der Waals surface area contributed by atoms with E-state index in [9.17, 15) is 0 Å². The van der Waals surface area contributed by atoms with Crippen LogP contribution in [0.1, 0.15) is 13.6 Å². The van der Waals surface area contributed by atoms with Gasteiger partial charge in [0.1, 0.15) is 5.76 Å². The van der Waals surface area contributed by atoms with Gasteiger partial charge in [0.15, 0.2) is 0 Å². The first kappa shape index (κ1) is 12.4. The fraction of sp³-hybridized carbons (Fsp3) is 0.235. The first-order valence-corrected chi connectivity index (χ1v) is 8.42. The summed E-state index contributed by atoms with van der Waals surface area (Å²) in [5.74, 6) is 2.46. The second-order valence-electron chi connectivity index (χ2n) is 5.93. The Morgan fingerprint density at radius 2 is 2.41 bits per heavy atom. The number of fused-ring (bicyclic) bond motifs is 2. The van der Waals surface area contributed by atoms with Crippen LogP contribution in [0.15, 0.2) is 58.0 Å². The lowest BCUT2D eigenvalue weighted by Crippen LogP contribution is -2.05. The molecule has 1 aromatic carbocycles. The molecule has 0 bridgehead atoms. The Morgan fingerprint density at radius 1 is 1.41 bits per heavy atom. The van der Waals surface area contributed by atoms with Crippen molar-refractivity contribution >= 4 is 29.2 Å². The van der Waals surface area contributed by atoms with Gasteiger partial charge in [-0.2, -0.15) is 0 Å². The molecule has 2 atom stereocenters. The number of benzene rings is 1. The molecule has 4 nitrogen and oxygen atoms in total. The molecule has 2 heterocycles. The minimum atomic E-state index is 0. The van der Waals surface area contributed by atoms with Gasteiger partial charge in [0.2, 0.25) is 0 Å². The van der Waals surface area contributed by atoms with Crippen molar-refractivity contribution < 1.29 is 5.84 Å². The summed E-state index contributed by atoms with van der Waals surface area (Å²) in [7, 11) is 0. The van der Waals surface area contributed by atoms with Crippen molar-refractivity contribution in [2.24, 2.45) is 5.92 Å². The van der Waals surface area contributed by atoms with E-state index in [4.69, 9.17) is 4.42 Å². The van der Waals surface area contributed by atoms with Crippen LogP contribution in [0.4, 0.5) is 17.4 Å². The zero-order chi connectivity index (χ0) is 14.6. The molecule has 3 aliphatic rings. The normalized spacial score (nSPS) is 27.2. The van der Waals surface area contributed by atoms with Crippen molar-refractivity contribution in [3.8, 4) is 0 Å². The smallest absolute Gasteiger partial charge is 0.299 e. The number of nitrogens with zero attached hydrogens (tertiary/aromatic N) is 1. The molecule has 0 amide bonds. The molecule has 1 aliphatic heterocycles. The van der Waals surface area contributed by atoms with Gasteiger partial charge in [-0.3, -0.25) is 0 Å². The van der Waals surface area contributed by atoms with E-state index >= 15 is 0 Å². The van der Waals surface area contributed by atoms with Gasteiger partial charge in [0.05, 0.1) is 23.2 Å². The van der Waals surface area contributed by atoms with Gasteiger partial charge < -0.3 is 15.1 Å². The molecule has 0 radical (unpaired) electrons. The monoisotopic (exact) mass is 311 g/mol. The number of oxazole rings is 1. The summed E-state index contributed by atoms with van der Waals surface area (Å²) >= 11 is 1.82. The highest BCUT2D eigenvalue weighted by Gasteiger charge is 2.55. The maximum Gasteiger partial charge on any atom is 0.299 e. The summed E-state index contributed by atoms with van der Waals surface area (Å²) in [4.78, 5) is 5.68. The molecular formula is C17H17N3OS. The standard InChI is InChI=1S/C17H15N3OS.H2/c1-2-6-17(8-11(17)3-1)15-9-18-16(21-15)20-12-4-5-14-13(7-12)19-10-22-14;/h1-7,9,11,19H,8,10H2,(H,18,20);1H. The van der Waals surface area contributed by atoms with Gasteiger partial charge >= 0.3 is 0 Å². The first-order chi connectivity index (χ1) is 10.8. The van der Waals surface area contributed by atoms with Crippen LogP contribution in [-0.2, 0) is 5.41 Å². The highest BCUT2D eigenvalue weighted by molar-refractivity contribution is 7.99. The molecule has 22 heavy (non-hydrogen) atoms. The van der Waals surface area contributed by atoms with Crippen LogP contribution in [0.5, 0.6) is 0 Å². The number of rotatable bonds is 3. The number of nitrogens with one attached hydrogen (secondary N) is 2. The van der Waals surface area contributed by atoms with Crippen LogP contribution in [-0.4, -0.2) is 10.9 Å². The van der Waals surface area contributed by atoms with Crippen LogP contribution in [0.2, 0.25) is 0 Å². The van der Waals surface area contributed by atoms with Crippen LogP contribution < -0.4 is 10.6 Å². The number of thioether (sulfide) groups is 1. The molecule has 2 aromatic rings. The molecule has 5 heteroatoms. The lowest BCUT2D eigenvalue weighted by atomic mass is 9.97. The molecule has 0 spiro atoms. The van der Waals surface area contributed by atoms with Crippen LogP contribution in [0.3, 0.4) is 0 Å². The number of anilines is 3. The van der Waals surface area contributed by atoms with Crippen molar-refractivity contribution in [1.29, 1.82) is 0 Å². The molecule has 0 saturated heterocycles. The predicted molar refractivity (Wildman–Crippen MR) is 90.8 cm³/mol. The maximum absolute atomic E-state index is 5.96. The predicted octanol–water partition coefficient (Wildman–Crippen LogP) is 4.52. The van der Waals surface area contributed by atoms with E-state index in [1.807, 2.05) is 18.0 Å². The van der Waals surface area contributed by atoms with E-state index in [-0.39, 0.29) is 6.84 Å². The Kier molecular flexibility index (Phi) is 2.50. The number of allylic oxidation sites excluding steroid dienone is 4. The van der Waals surface area contributed by atoms with Gasteiger partial charge in [-0.1, -0.05) is 24.3 Å². The van der Waals surface area contributed by atoms with Crippen LogP contribution in [0.25, 0.3) is 0 Å². The molecule has 2 N–H and O–H groups in total. The van der Waals surface area contributed by atoms with Gasteiger partial charge in [0.25, 0.3) is 6.01 Å². The van der Waals surface area contributed by atoms with E-state index in [0.717, 1.165) is 23.7 Å². The van der Waals surface area contributed by atoms with E-state index in [1.54, 1.807) is 0 Å². The average molecular weight is 311 g/mol. The van der Waals surface area contributed by atoms with Crippen molar-refractivity contribution in [2.75, 3.05) is 16.5 Å². The van der Waals surface area contributed by atoms with E-state index in [1.165, 1.54) is 10.6 Å². The van der Waals surface area contributed by atoms with Crippen LogP contribution >= 0.6 is 11.8 Å². The second-order valence-corrected chi connectivity index (χ2v) is 6.94. The number of hydrogen-bond donors (Lipinski definition) is 2. The Balaban J connectivity index is 0.00000135. The lowest BCUT2D eigenvalue weighted by Gasteiger charge is -2.09.